The minimum absolute atomic E-state index is 0.286. The summed E-state index contributed by atoms with van der Waals surface area (Å²) in [4.78, 5) is 0. The van der Waals surface area contributed by atoms with E-state index in [4.69, 9.17) is 11.6 Å². The fraction of sp³-hybridized carbons (Fsp3) is 0. The van der Waals surface area contributed by atoms with E-state index in [0.29, 0.717) is 5.02 Å². The van der Waals surface area contributed by atoms with Crippen molar-refractivity contribution in [1.82, 2.24) is 9.78 Å². The van der Waals surface area contributed by atoms with Gasteiger partial charge >= 0.3 is 0 Å². The maximum absolute atomic E-state index is 13.3. The van der Waals surface area contributed by atoms with Crippen molar-refractivity contribution in [2.45, 2.75) is 0 Å². The lowest BCUT2D eigenvalue weighted by Gasteiger charge is -2.04. The third kappa shape index (κ3) is 1.42. The number of nitrogens with zero attached hydrogens (tertiary/aromatic N) is 2. The number of aromatic nitrogens is 2. The van der Waals surface area contributed by atoms with Crippen LogP contribution in [0.5, 0.6) is 0 Å². The second-order valence-electron chi connectivity index (χ2n) is 2.52. The van der Waals surface area contributed by atoms with E-state index in [-0.39, 0.29) is 11.5 Å². The SMILES string of the molecule is Fc1cccc(Cl)c1-n1cccn1. The third-order valence-electron chi connectivity index (χ3n) is 1.67. The molecule has 1 aromatic heterocycles. The van der Waals surface area contributed by atoms with Crippen molar-refractivity contribution in [2.24, 2.45) is 0 Å². The first kappa shape index (κ1) is 8.26. The second kappa shape index (κ2) is 3.18. The molecule has 0 bridgehead atoms. The molecule has 1 heterocycles. The van der Waals surface area contributed by atoms with E-state index in [2.05, 4.69) is 5.10 Å². The number of hydrogen-bond acceptors (Lipinski definition) is 1. The van der Waals surface area contributed by atoms with Gasteiger partial charge in [0.05, 0.1) is 5.02 Å². The summed E-state index contributed by atoms with van der Waals surface area (Å²) in [5, 5.41) is 4.25. The normalized spacial score (nSPS) is 10.3. The van der Waals surface area contributed by atoms with E-state index in [1.807, 2.05) is 0 Å². The summed E-state index contributed by atoms with van der Waals surface area (Å²) in [7, 11) is 0. The molecular weight excluding hydrogens is 191 g/mol. The fourth-order valence-electron chi connectivity index (χ4n) is 1.11. The molecule has 0 unspecified atom stereocenters. The van der Waals surface area contributed by atoms with Gasteiger partial charge in [-0.2, -0.15) is 5.10 Å². The first-order valence-electron chi connectivity index (χ1n) is 3.73. The Morgan fingerprint density at radius 3 is 2.77 bits per heavy atom. The van der Waals surface area contributed by atoms with E-state index in [1.165, 1.54) is 10.7 Å². The maximum atomic E-state index is 13.3. The van der Waals surface area contributed by atoms with Crippen molar-refractivity contribution in [1.29, 1.82) is 0 Å². The third-order valence-corrected chi connectivity index (χ3v) is 1.98. The topological polar surface area (TPSA) is 17.8 Å². The molecule has 0 fully saturated rings. The van der Waals surface area contributed by atoms with Crippen molar-refractivity contribution in [3.05, 3.63) is 47.5 Å². The van der Waals surface area contributed by atoms with E-state index in [9.17, 15) is 4.39 Å². The number of hydrogen-bond donors (Lipinski definition) is 0. The Kier molecular flexibility index (Phi) is 2.02. The first-order valence-corrected chi connectivity index (χ1v) is 4.11. The molecule has 13 heavy (non-hydrogen) atoms. The van der Waals surface area contributed by atoms with Crippen LogP contribution >= 0.6 is 11.6 Å². The van der Waals surface area contributed by atoms with E-state index in [0.717, 1.165) is 0 Å². The molecule has 0 aliphatic carbocycles. The largest absolute Gasteiger partial charge is 0.236 e. The highest BCUT2D eigenvalue weighted by Crippen LogP contribution is 2.22. The van der Waals surface area contributed by atoms with Gasteiger partial charge < -0.3 is 0 Å². The molecule has 2 aromatic rings. The molecule has 1 aromatic carbocycles. The van der Waals surface area contributed by atoms with Gasteiger partial charge in [-0.15, -0.1) is 0 Å². The minimum Gasteiger partial charge on any atom is -0.236 e. The van der Waals surface area contributed by atoms with Crippen LogP contribution in [0.25, 0.3) is 5.69 Å². The molecule has 0 saturated heterocycles. The molecule has 66 valence electrons. The molecule has 0 radical (unpaired) electrons. The van der Waals surface area contributed by atoms with Gasteiger partial charge in [-0.05, 0) is 18.2 Å². The fourth-order valence-corrected chi connectivity index (χ4v) is 1.36. The molecule has 0 aliphatic heterocycles. The minimum atomic E-state index is -0.379. The van der Waals surface area contributed by atoms with Crippen molar-refractivity contribution in [3.63, 3.8) is 0 Å². The smallest absolute Gasteiger partial charge is 0.150 e. The molecule has 2 rings (SSSR count). The molecule has 0 spiro atoms. The summed E-state index contributed by atoms with van der Waals surface area (Å²) < 4.78 is 14.7. The molecule has 2 nitrogen and oxygen atoms in total. The van der Waals surface area contributed by atoms with Gasteiger partial charge in [0.25, 0.3) is 0 Å². The van der Waals surface area contributed by atoms with Gasteiger partial charge in [0, 0.05) is 12.4 Å². The van der Waals surface area contributed by atoms with Crippen LogP contribution in [-0.2, 0) is 0 Å². The summed E-state index contributed by atoms with van der Waals surface area (Å²) in [6.45, 7) is 0. The van der Waals surface area contributed by atoms with Crippen molar-refractivity contribution in [3.8, 4) is 5.69 Å². The number of rotatable bonds is 1. The molecule has 0 aliphatic rings. The van der Waals surface area contributed by atoms with E-state index >= 15 is 0 Å². The molecule has 0 saturated carbocycles. The Balaban J connectivity index is 2.64. The Labute approximate surface area is 79.6 Å². The molecule has 0 N–H and O–H groups in total. The summed E-state index contributed by atoms with van der Waals surface area (Å²) in [5.74, 6) is -0.379. The van der Waals surface area contributed by atoms with Crippen LogP contribution in [0.4, 0.5) is 4.39 Å². The zero-order chi connectivity index (χ0) is 9.26. The van der Waals surface area contributed by atoms with E-state index < -0.39 is 0 Å². The molecule has 0 amide bonds. The Morgan fingerprint density at radius 1 is 1.31 bits per heavy atom. The van der Waals surface area contributed by atoms with Gasteiger partial charge in [0.1, 0.15) is 11.5 Å². The predicted octanol–water partition coefficient (Wildman–Crippen LogP) is 2.66. The van der Waals surface area contributed by atoms with Gasteiger partial charge in [0.2, 0.25) is 0 Å². The van der Waals surface area contributed by atoms with Crippen molar-refractivity contribution < 1.29 is 4.39 Å². The van der Waals surface area contributed by atoms with Gasteiger partial charge in [-0.3, -0.25) is 0 Å². The first-order chi connectivity index (χ1) is 6.29. The van der Waals surface area contributed by atoms with Crippen LogP contribution in [0, 0.1) is 5.82 Å². The Hall–Kier alpha value is -1.35. The summed E-state index contributed by atoms with van der Waals surface area (Å²) in [6.07, 6.45) is 3.22. The Morgan fingerprint density at radius 2 is 2.15 bits per heavy atom. The molecular formula is C9H6ClFN2. The highest BCUT2D eigenvalue weighted by molar-refractivity contribution is 6.32. The standard InChI is InChI=1S/C9H6ClFN2/c10-7-3-1-4-8(11)9(7)13-6-2-5-12-13/h1-6H. The zero-order valence-corrected chi connectivity index (χ0v) is 7.37. The highest BCUT2D eigenvalue weighted by Gasteiger charge is 2.07. The van der Waals surface area contributed by atoms with Gasteiger partial charge in [-0.25, -0.2) is 9.07 Å². The summed E-state index contributed by atoms with van der Waals surface area (Å²) in [5.41, 5.74) is 0.286. The average Bonchev–Trinajstić information content (AvgIpc) is 2.57. The Bertz CT molecular complexity index is 391. The molecule has 4 heteroatoms. The van der Waals surface area contributed by atoms with Crippen LogP contribution in [0.1, 0.15) is 0 Å². The van der Waals surface area contributed by atoms with Crippen LogP contribution in [0.2, 0.25) is 5.02 Å². The van der Waals surface area contributed by atoms with Crippen LogP contribution in [0.15, 0.2) is 36.7 Å². The number of halogens is 2. The predicted molar refractivity (Wildman–Crippen MR) is 48.5 cm³/mol. The van der Waals surface area contributed by atoms with Gasteiger partial charge in [-0.1, -0.05) is 17.7 Å². The van der Waals surface area contributed by atoms with Crippen LogP contribution in [-0.4, -0.2) is 9.78 Å². The van der Waals surface area contributed by atoms with Crippen molar-refractivity contribution in [2.75, 3.05) is 0 Å². The van der Waals surface area contributed by atoms with Crippen LogP contribution in [0.3, 0.4) is 0 Å². The van der Waals surface area contributed by atoms with Crippen LogP contribution < -0.4 is 0 Å². The lowest BCUT2D eigenvalue weighted by atomic mass is 10.3. The monoisotopic (exact) mass is 196 g/mol. The second-order valence-corrected chi connectivity index (χ2v) is 2.93. The van der Waals surface area contributed by atoms with Crippen molar-refractivity contribution >= 4 is 11.6 Å². The zero-order valence-electron chi connectivity index (χ0n) is 6.61. The highest BCUT2D eigenvalue weighted by atomic mass is 35.5. The summed E-state index contributed by atoms with van der Waals surface area (Å²) in [6, 6.07) is 6.25. The average molecular weight is 197 g/mol. The van der Waals surface area contributed by atoms with E-state index in [1.54, 1.807) is 30.6 Å². The number of para-hydroxylation sites is 1. The lowest BCUT2D eigenvalue weighted by Crippen LogP contribution is -1.98. The summed E-state index contributed by atoms with van der Waals surface area (Å²) >= 11 is 5.82. The number of benzene rings is 1. The molecule has 0 atom stereocenters. The maximum Gasteiger partial charge on any atom is 0.150 e. The van der Waals surface area contributed by atoms with Gasteiger partial charge in [0.15, 0.2) is 0 Å². The quantitative estimate of drug-likeness (QED) is 0.686. The lowest BCUT2D eigenvalue weighted by molar-refractivity contribution is 0.611.